The highest BCUT2D eigenvalue weighted by atomic mass is 32.1. The van der Waals surface area contributed by atoms with E-state index in [0.29, 0.717) is 198 Å². The molecule has 130 heavy (non-hydrogen) atoms. The van der Waals surface area contributed by atoms with Gasteiger partial charge in [0.2, 0.25) is 0 Å². The van der Waals surface area contributed by atoms with E-state index in [4.69, 9.17) is 0 Å². The van der Waals surface area contributed by atoms with Gasteiger partial charge in [-0.3, -0.25) is 66.2 Å². The Kier molecular flexibility index (Phi) is 22.8. The van der Waals surface area contributed by atoms with Gasteiger partial charge in [0.1, 0.15) is 0 Å². The maximum absolute atomic E-state index is 16.9. The zero-order valence-electron chi connectivity index (χ0n) is 77.5. The van der Waals surface area contributed by atoms with Crippen LogP contribution in [0.2, 0.25) is 0 Å². The molecule has 10 aromatic carbocycles. The highest BCUT2D eigenvalue weighted by molar-refractivity contribution is 7.17. The van der Waals surface area contributed by atoms with Crippen molar-refractivity contribution in [1.82, 2.24) is 37.2 Å². The van der Waals surface area contributed by atoms with Crippen molar-refractivity contribution in [3.05, 3.63) is 189 Å². The summed E-state index contributed by atoms with van der Waals surface area (Å²) in [7, 11) is 0. The summed E-state index contributed by atoms with van der Waals surface area (Å²) in [5.41, 5.74) is 3.70. The van der Waals surface area contributed by atoms with Crippen LogP contribution in [0.4, 0.5) is 0 Å². The molecule has 0 saturated carbocycles. The summed E-state index contributed by atoms with van der Waals surface area (Å²) >= 11 is 2.93. The number of hydrogen-bond acceptors (Lipinski definition) is 12. The molecule has 18 aromatic rings. The van der Waals surface area contributed by atoms with Gasteiger partial charge in [-0.15, -0.1) is 22.7 Å². The molecular weight excluding hydrogens is 1660 g/mol. The molecule has 20 rings (SSSR count). The van der Waals surface area contributed by atoms with Crippen molar-refractivity contribution in [1.29, 1.82) is 0 Å². The Morgan fingerprint density at radius 2 is 0.477 bits per heavy atom. The molecule has 0 bridgehead atoms. The Morgan fingerprint density at radius 3 is 0.785 bits per heavy atom. The Bertz CT molecular complexity index is 7670. The highest BCUT2D eigenvalue weighted by Gasteiger charge is 2.50. The lowest BCUT2D eigenvalue weighted by Crippen LogP contribution is -2.36. The summed E-state index contributed by atoms with van der Waals surface area (Å²) in [5, 5.41) is 15.6. The van der Waals surface area contributed by atoms with Crippen LogP contribution in [-0.2, 0) is 22.7 Å². The van der Waals surface area contributed by atoms with Crippen LogP contribution in [0.3, 0.4) is 0 Å². The second-order valence-corrected chi connectivity index (χ2v) is 39.9. The van der Waals surface area contributed by atoms with Crippen molar-refractivity contribution in [2.75, 3.05) is 13.1 Å². The number of pyridine rings is 4. The first-order valence-electron chi connectivity index (χ1n) is 49.3. The minimum absolute atomic E-state index is 0.274. The third-order valence-electron chi connectivity index (χ3n) is 30.6. The van der Waals surface area contributed by atoms with E-state index in [9.17, 15) is 0 Å². The number of hydrogen-bond donors (Lipinski definition) is 0. The lowest BCUT2D eigenvalue weighted by molar-refractivity contribution is -0.124. The molecule has 0 aliphatic carbocycles. The second kappa shape index (κ2) is 34.2. The van der Waals surface area contributed by atoms with E-state index in [1.54, 1.807) is 0 Å². The van der Waals surface area contributed by atoms with Crippen LogP contribution in [0.25, 0.3) is 184 Å². The standard InChI is InChI=1S/C110H118N8O10S2/c1-13-25-29-33-35-39-51-113-99(81-47-45-79(129-81)67-53-69-87-73(107(125)117(103(69)121)61(21-9)22-10)57-77-93-91-75(111(77)49-37-31-27-15-3)55-71-85-65(43-41-63(89(85)91)83(67)95(87)93)101(119)115(105(71)123)59(17-5)18-6)97-98(109(113)127)100(114(110(97)128)52-40-36-34-30-26-14-2)82-48-46-80(130-82)68-54-70-88-74(108(126)118(104(70)122)62(23-11)24-12)58-78-94-92-76(112(78)50-38-32-28-16-4)56-72-86-66(44-42-64(90(86)92)84(68)96(88)94)102(120)116(106(72)124)60(19-7)20-8/h41-48,53-62H,13-40,49-52H2,1-12H3. The summed E-state index contributed by atoms with van der Waals surface area (Å²) in [6.45, 7) is 26.8. The number of fused-ring (bicyclic) bond motifs is 3. The minimum atomic E-state index is -0.397. The minimum Gasteiger partial charge on any atom is -0.340 e. The smallest absolute Gasteiger partial charge is 0.261 e. The molecule has 0 unspecified atom stereocenters. The number of carbonyl (C=O) groups is 2. The van der Waals surface area contributed by atoms with Crippen LogP contribution in [-0.4, -0.2) is 62.1 Å². The first-order valence-corrected chi connectivity index (χ1v) is 51.0. The van der Waals surface area contributed by atoms with Crippen LogP contribution >= 0.6 is 22.7 Å². The van der Waals surface area contributed by atoms with E-state index in [1.807, 2.05) is 138 Å². The molecule has 0 N–H and O–H groups in total. The number of aromatic nitrogens is 6. The number of carbonyl (C=O) groups excluding carboxylic acids is 2. The lowest BCUT2D eigenvalue weighted by Gasteiger charge is -2.24. The van der Waals surface area contributed by atoms with Crippen molar-refractivity contribution >= 4 is 197 Å². The normalized spacial score (nSPS) is 14.1. The molecule has 0 radical (unpaired) electrons. The molecule has 0 fully saturated rings. The number of aryl methyl sites for hydroxylation is 2. The fourth-order valence-electron chi connectivity index (χ4n) is 24.1. The van der Waals surface area contributed by atoms with Crippen LogP contribution in [0.1, 0.15) is 297 Å². The summed E-state index contributed by atoms with van der Waals surface area (Å²) < 4.78 is 10.5. The monoisotopic (exact) mass is 1770 g/mol. The van der Waals surface area contributed by atoms with Gasteiger partial charge in [0.25, 0.3) is 56.3 Å². The van der Waals surface area contributed by atoms with E-state index in [1.165, 1.54) is 40.9 Å². The molecule has 0 saturated heterocycles. The number of amides is 2. The number of rotatable bonds is 40. The van der Waals surface area contributed by atoms with Gasteiger partial charge in [0, 0.05) is 157 Å². The predicted molar refractivity (Wildman–Crippen MR) is 543 cm³/mol. The van der Waals surface area contributed by atoms with Crippen LogP contribution in [0, 0.1) is 0 Å². The number of unbranched alkanes of at least 4 members (excludes halogenated alkanes) is 16. The molecule has 18 nitrogen and oxygen atoms in total. The van der Waals surface area contributed by atoms with E-state index in [-0.39, 0.29) is 68.4 Å². The maximum atomic E-state index is 16.9. The van der Waals surface area contributed by atoms with E-state index in [0.717, 1.165) is 212 Å². The van der Waals surface area contributed by atoms with Gasteiger partial charge in [0.15, 0.2) is 0 Å². The molecule has 2 aliphatic heterocycles. The predicted octanol–water partition coefficient (Wildman–Crippen LogP) is 25.6. The summed E-state index contributed by atoms with van der Waals surface area (Å²) in [4.78, 5) is 166. The Labute approximate surface area is 761 Å². The van der Waals surface area contributed by atoms with Gasteiger partial charge in [-0.1, -0.05) is 198 Å². The molecule has 0 atom stereocenters. The maximum Gasteiger partial charge on any atom is 0.261 e. The van der Waals surface area contributed by atoms with Crippen molar-refractivity contribution in [2.24, 2.45) is 0 Å². The molecule has 20 heteroatoms. The highest BCUT2D eigenvalue weighted by Crippen LogP contribution is 2.58. The third-order valence-corrected chi connectivity index (χ3v) is 32.9. The van der Waals surface area contributed by atoms with Gasteiger partial charge in [-0.05, 0) is 171 Å². The average molecular weight is 1780 g/mol. The fraction of sp³-hybridized carbons (Fsp3) is 0.436. The SMILES string of the molecule is CCCCCCCCN1C(=O)C2=C(c3ccc(-c4cc5c(=O)n(C(CC)CC)c(=O)c6cc7c8c(c4c4ccc9c(=O)n(C(CC)CC)c(=O)c%10cc(c8c4c9%10)n7CCCCCC)c56)s3)N(CCCCCCCC)C(=O)C2=C1c1ccc(-c2cc3c(=O)n(C(CC)CC)c(=O)c4cc5c6c(c2c2ccc7c(=O)n(C(CC)CC)c(=O)c8cc(c6c2c78)n5CCCCCC)c34)s1. The van der Waals surface area contributed by atoms with Gasteiger partial charge in [0.05, 0.1) is 75.9 Å². The quantitative estimate of drug-likeness (QED) is 0.0202. The molecule has 10 heterocycles. The van der Waals surface area contributed by atoms with E-state index >= 15 is 47.9 Å². The molecule has 0 spiro atoms. The molecule has 2 amide bonds. The second-order valence-electron chi connectivity index (χ2n) is 37.7. The van der Waals surface area contributed by atoms with Gasteiger partial charge < -0.3 is 18.9 Å². The van der Waals surface area contributed by atoms with Crippen molar-refractivity contribution in [2.45, 2.75) is 300 Å². The first-order chi connectivity index (χ1) is 63.3. The summed E-state index contributed by atoms with van der Waals surface area (Å²) in [5.74, 6) is -0.548. The van der Waals surface area contributed by atoms with Gasteiger partial charge in [-0.25, -0.2) is 0 Å². The van der Waals surface area contributed by atoms with Crippen molar-refractivity contribution < 1.29 is 9.59 Å². The Hall–Kier alpha value is -11.2. The van der Waals surface area contributed by atoms with Gasteiger partial charge in [-0.2, -0.15) is 0 Å². The van der Waals surface area contributed by atoms with Crippen LogP contribution in [0.15, 0.2) is 134 Å². The first kappa shape index (κ1) is 86.8. The summed E-state index contributed by atoms with van der Waals surface area (Å²) in [6.07, 6.45) is 23.7. The zero-order chi connectivity index (χ0) is 90.6. The van der Waals surface area contributed by atoms with Crippen LogP contribution in [0.5, 0.6) is 0 Å². The Balaban J connectivity index is 0.848. The van der Waals surface area contributed by atoms with Gasteiger partial charge >= 0.3 is 0 Å². The molecule has 8 aromatic heterocycles. The van der Waals surface area contributed by atoms with E-state index in [2.05, 4.69) is 49.0 Å². The van der Waals surface area contributed by atoms with Crippen LogP contribution < -0.4 is 44.5 Å². The number of thiophene rings is 2. The number of benzene rings is 10. The molecule has 2 aliphatic rings. The largest absolute Gasteiger partial charge is 0.340 e. The van der Waals surface area contributed by atoms with E-state index < -0.39 is 12.1 Å². The fourth-order valence-corrected chi connectivity index (χ4v) is 26.3. The Morgan fingerprint density at radius 1 is 0.231 bits per heavy atom. The van der Waals surface area contributed by atoms with Crippen molar-refractivity contribution in [3.8, 4) is 20.9 Å². The lowest BCUT2D eigenvalue weighted by atomic mass is 9.84. The van der Waals surface area contributed by atoms with Crippen molar-refractivity contribution in [3.63, 3.8) is 0 Å². The molecule has 670 valence electrons. The molecular formula is C110H118N8O10S2. The summed E-state index contributed by atoms with van der Waals surface area (Å²) in [6, 6.07) is 26.5. The third kappa shape index (κ3) is 12.6. The number of nitrogens with zero attached hydrogens (tertiary/aromatic N) is 8. The average Bonchev–Trinajstić information content (AvgIpc) is 1.41. The topological polar surface area (TPSA) is 207 Å². The zero-order valence-corrected chi connectivity index (χ0v) is 79.1.